The normalized spacial score (nSPS) is 7.50. The zero-order valence-corrected chi connectivity index (χ0v) is 5.71. The second-order valence-electron chi connectivity index (χ2n) is 0.712. The molecule has 0 aliphatic heterocycles. The SMILES string of the molecule is COC(=O)SSC#N. The van der Waals surface area contributed by atoms with Crippen molar-refractivity contribution in [2.24, 2.45) is 0 Å². The molecule has 5 heteroatoms. The largest absolute Gasteiger partial charge is 0.460 e. The number of carbonyl (C=O) groups excluding carboxylic acids is 1. The summed E-state index contributed by atoms with van der Waals surface area (Å²) in [6, 6.07) is 0. The first-order valence-corrected chi connectivity index (χ1v) is 3.76. The van der Waals surface area contributed by atoms with Crippen LogP contribution >= 0.6 is 21.6 Å². The van der Waals surface area contributed by atoms with Crippen LogP contribution in [0.1, 0.15) is 0 Å². The van der Waals surface area contributed by atoms with E-state index in [1.807, 2.05) is 0 Å². The van der Waals surface area contributed by atoms with Gasteiger partial charge in [-0.25, -0.2) is 4.79 Å². The first-order chi connectivity index (χ1) is 3.81. The zero-order chi connectivity index (χ0) is 6.41. The number of carbonyl (C=O) groups is 1. The van der Waals surface area contributed by atoms with Crippen molar-refractivity contribution in [2.75, 3.05) is 7.11 Å². The van der Waals surface area contributed by atoms with Gasteiger partial charge in [-0.05, 0) is 0 Å². The van der Waals surface area contributed by atoms with Gasteiger partial charge in [0.25, 0.3) is 0 Å². The van der Waals surface area contributed by atoms with Gasteiger partial charge in [-0.1, -0.05) is 0 Å². The van der Waals surface area contributed by atoms with E-state index in [-0.39, 0.29) is 0 Å². The average molecular weight is 149 g/mol. The van der Waals surface area contributed by atoms with Crippen molar-refractivity contribution in [1.29, 1.82) is 5.26 Å². The van der Waals surface area contributed by atoms with Gasteiger partial charge in [0.2, 0.25) is 0 Å². The molecular formula is C3H3NO2S2. The van der Waals surface area contributed by atoms with Crippen molar-refractivity contribution < 1.29 is 9.53 Å². The van der Waals surface area contributed by atoms with E-state index in [9.17, 15) is 4.79 Å². The van der Waals surface area contributed by atoms with Crippen LogP contribution in [0.15, 0.2) is 0 Å². The lowest BCUT2D eigenvalue weighted by molar-refractivity contribution is 0.200. The minimum atomic E-state index is -0.448. The van der Waals surface area contributed by atoms with Crippen molar-refractivity contribution in [3.8, 4) is 5.40 Å². The van der Waals surface area contributed by atoms with E-state index in [1.54, 1.807) is 5.40 Å². The quantitative estimate of drug-likeness (QED) is 0.322. The average Bonchev–Trinajstić information content (AvgIpc) is 1.83. The lowest BCUT2D eigenvalue weighted by Gasteiger charge is -1.88. The van der Waals surface area contributed by atoms with Crippen LogP contribution in [-0.2, 0) is 4.74 Å². The first-order valence-electron chi connectivity index (χ1n) is 1.62. The number of methoxy groups -OCH3 is 1. The zero-order valence-electron chi connectivity index (χ0n) is 4.08. The molecule has 0 N–H and O–H groups in total. The Labute approximate surface area is 54.8 Å². The molecule has 0 aromatic carbocycles. The van der Waals surface area contributed by atoms with Crippen molar-refractivity contribution in [3.05, 3.63) is 0 Å². The molecule has 0 aromatic heterocycles. The van der Waals surface area contributed by atoms with Gasteiger partial charge in [0, 0.05) is 21.6 Å². The molecule has 0 fully saturated rings. The highest BCUT2D eigenvalue weighted by molar-refractivity contribution is 8.83. The number of rotatable bonds is 1. The van der Waals surface area contributed by atoms with Gasteiger partial charge >= 0.3 is 5.30 Å². The summed E-state index contributed by atoms with van der Waals surface area (Å²) in [6.07, 6.45) is 0. The molecule has 3 nitrogen and oxygen atoms in total. The summed E-state index contributed by atoms with van der Waals surface area (Å²) >= 11 is 0. The van der Waals surface area contributed by atoms with Gasteiger partial charge in [-0.15, -0.1) is 0 Å². The van der Waals surface area contributed by atoms with Gasteiger partial charge in [-0.2, -0.15) is 5.26 Å². The predicted molar refractivity (Wildman–Crippen MR) is 33.2 cm³/mol. The number of hydrogen-bond donors (Lipinski definition) is 0. The summed E-state index contributed by atoms with van der Waals surface area (Å²) in [6.45, 7) is 0. The minimum Gasteiger partial charge on any atom is -0.460 e. The molecule has 0 unspecified atom stereocenters. The van der Waals surface area contributed by atoms with E-state index in [1.165, 1.54) is 7.11 Å². The number of thiocyanates is 1. The molecule has 0 rings (SSSR count). The molecule has 0 saturated carbocycles. The third-order valence-electron chi connectivity index (χ3n) is 0.314. The van der Waals surface area contributed by atoms with Gasteiger partial charge in [-0.3, -0.25) is 0 Å². The lowest BCUT2D eigenvalue weighted by Crippen LogP contribution is -1.85. The minimum absolute atomic E-state index is 0.448. The second kappa shape index (κ2) is 4.81. The molecule has 8 heavy (non-hydrogen) atoms. The maximum Gasteiger partial charge on any atom is 0.378 e. The predicted octanol–water partition coefficient (Wildman–Crippen LogP) is 1.62. The summed E-state index contributed by atoms with van der Waals surface area (Å²) in [5, 5.41) is 9.16. The van der Waals surface area contributed by atoms with Gasteiger partial charge in [0.05, 0.1) is 7.11 Å². The Balaban J connectivity index is 3.15. The van der Waals surface area contributed by atoms with Crippen molar-refractivity contribution in [1.82, 2.24) is 0 Å². The highest BCUT2D eigenvalue weighted by Gasteiger charge is 1.98. The molecule has 0 spiro atoms. The van der Waals surface area contributed by atoms with E-state index in [0.717, 1.165) is 21.6 Å². The summed E-state index contributed by atoms with van der Waals surface area (Å²) in [7, 11) is 2.83. The van der Waals surface area contributed by atoms with Crippen LogP contribution in [0.25, 0.3) is 0 Å². The molecule has 0 saturated heterocycles. The standard InChI is InChI=1S/C3H3NO2S2/c1-6-3(5)8-7-2-4/h1H3. The van der Waals surface area contributed by atoms with Crippen LogP contribution in [-0.4, -0.2) is 12.4 Å². The topological polar surface area (TPSA) is 50.1 Å². The van der Waals surface area contributed by atoms with Crippen molar-refractivity contribution in [2.45, 2.75) is 0 Å². The fraction of sp³-hybridized carbons (Fsp3) is 0.333. The van der Waals surface area contributed by atoms with E-state index in [0.29, 0.717) is 0 Å². The van der Waals surface area contributed by atoms with Crippen LogP contribution in [0, 0.1) is 10.7 Å². The van der Waals surface area contributed by atoms with Crippen LogP contribution < -0.4 is 0 Å². The summed E-state index contributed by atoms with van der Waals surface area (Å²) in [5.41, 5.74) is 0. The summed E-state index contributed by atoms with van der Waals surface area (Å²) in [5.74, 6) is 0. The van der Waals surface area contributed by atoms with E-state index >= 15 is 0 Å². The van der Waals surface area contributed by atoms with Crippen LogP contribution in [0.5, 0.6) is 0 Å². The molecule has 0 radical (unpaired) electrons. The van der Waals surface area contributed by atoms with Gasteiger partial charge in [0.15, 0.2) is 0 Å². The molecule has 0 atom stereocenters. The summed E-state index contributed by atoms with van der Waals surface area (Å²) < 4.78 is 4.20. The van der Waals surface area contributed by atoms with E-state index < -0.39 is 5.30 Å². The number of nitriles is 1. The van der Waals surface area contributed by atoms with Gasteiger partial charge in [0.1, 0.15) is 5.40 Å². The van der Waals surface area contributed by atoms with Crippen molar-refractivity contribution >= 4 is 26.9 Å². The van der Waals surface area contributed by atoms with Crippen LogP contribution in [0.4, 0.5) is 4.79 Å². The Hall–Kier alpha value is -0.340. The Morgan fingerprint density at radius 2 is 2.50 bits per heavy atom. The Morgan fingerprint density at radius 3 is 2.88 bits per heavy atom. The molecule has 0 aromatic rings. The highest BCUT2D eigenvalue weighted by Crippen LogP contribution is 2.20. The molecule has 0 aliphatic carbocycles. The lowest BCUT2D eigenvalue weighted by atomic mass is 11.5. The number of ether oxygens (including phenoxy) is 1. The monoisotopic (exact) mass is 149 g/mol. The third kappa shape index (κ3) is 3.84. The van der Waals surface area contributed by atoms with E-state index in [2.05, 4.69) is 4.74 Å². The first kappa shape index (κ1) is 7.66. The fourth-order valence-corrected chi connectivity index (χ4v) is 0.780. The second-order valence-corrected chi connectivity index (χ2v) is 2.56. The smallest absolute Gasteiger partial charge is 0.378 e. The molecule has 0 aliphatic rings. The van der Waals surface area contributed by atoms with E-state index in [4.69, 9.17) is 5.26 Å². The van der Waals surface area contributed by atoms with Crippen LogP contribution in [0.3, 0.4) is 0 Å². The molecule has 0 amide bonds. The Bertz CT molecular complexity index is 119. The molecule has 44 valence electrons. The van der Waals surface area contributed by atoms with Crippen LogP contribution in [0.2, 0.25) is 0 Å². The molecule has 0 bridgehead atoms. The number of hydrogen-bond acceptors (Lipinski definition) is 5. The summed E-state index contributed by atoms with van der Waals surface area (Å²) in [4.78, 5) is 10.1. The Kier molecular flexibility index (Phi) is 4.61. The maximum atomic E-state index is 10.1. The number of nitrogens with zero attached hydrogens (tertiary/aromatic N) is 1. The third-order valence-corrected chi connectivity index (χ3v) is 1.66. The maximum absolute atomic E-state index is 10.1. The highest BCUT2D eigenvalue weighted by atomic mass is 33.1. The molecule has 0 heterocycles. The van der Waals surface area contributed by atoms with Crippen molar-refractivity contribution in [3.63, 3.8) is 0 Å². The Morgan fingerprint density at radius 1 is 1.88 bits per heavy atom. The molecular weight excluding hydrogens is 146 g/mol. The van der Waals surface area contributed by atoms with Gasteiger partial charge < -0.3 is 4.74 Å². The fourth-order valence-electron chi connectivity index (χ4n) is 0.0867.